The summed E-state index contributed by atoms with van der Waals surface area (Å²) < 4.78 is 0. The molecule has 3 nitrogen and oxygen atoms in total. The van der Waals surface area contributed by atoms with E-state index >= 15 is 0 Å². The zero-order valence-electron chi connectivity index (χ0n) is 16.8. The highest BCUT2D eigenvalue weighted by molar-refractivity contribution is 5.76. The Morgan fingerprint density at radius 2 is 1.59 bits per heavy atom. The number of hydrogen-bond acceptors (Lipinski definition) is 2. The van der Waals surface area contributed by atoms with E-state index in [4.69, 9.17) is 0 Å². The highest BCUT2D eigenvalue weighted by Gasteiger charge is 2.19. The number of unbranched alkanes of at least 4 members (excludes halogenated alkanes) is 1. The summed E-state index contributed by atoms with van der Waals surface area (Å²) in [4.78, 5) is 12.5. The highest BCUT2D eigenvalue weighted by Crippen LogP contribution is 2.16. The van der Waals surface area contributed by atoms with Crippen LogP contribution in [0.25, 0.3) is 0 Å². The Morgan fingerprint density at radius 3 is 2.22 bits per heavy atom. The fraction of sp³-hybridized carbons (Fsp3) is 0.458. The number of nitrogens with one attached hydrogen (secondary N) is 2. The first kappa shape index (κ1) is 21.2. The Bertz CT molecular complexity index is 642. The predicted molar refractivity (Wildman–Crippen MR) is 114 cm³/mol. The van der Waals surface area contributed by atoms with Crippen LogP contribution in [-0.4, -0.2) is 18.5 Å². The van der Waals surface area contributed by atoms with Crippen LogP contribution in [0.15, 0.2) is 60.7 Å². The van der Waals surface area contributed by atoms with Crippen molar-refractivity contribution in [3.63, 3.8) is 0 Å². The van der Waals surface area contributed by atoms with Crippen molar-refractivity contribution in [1.29, 1.82) is 0 Å². The number of rotatable bonds is 12. The largest absolute Gasteiger partial charge is 0.356 e. The number of hydrogen-bond donors (Lipinski definition) is 2. The molecule has 27 heavy (non-hydrogen) atoms. The summed E-state index contributed by atoms with van der Waals surface area (Å²) in [6.07, 6.45) is 4.96. The molecule has 0 aromatic heterocycles. The molecule has 0 aliphatic carbocycles. The third kappa shape index (κ3) is 8.40. The minimum atomic E-state index is 0.139. The van der Waals surface area contributed by atoms with E-state index < -0.39 is 0 Å². The lowest BCUT2D eigenvalue weighted by atomic mass is 9.93. The van der Waals surface area contributed by atoms with Gasteiger partial charge >= 0.3 is 0 Å². The Kier molecular flexibility index (Phi) is 9.64. The molecule has 0 unspecified atom stereocenters. The van der Waals surface area contributed by atoms with E-state index in [1.54, 1.807) is 0 Å². The maximum absolute atomic E-state index is 12.5. The number of carbonyl (C=O) groups is 1. The molecule has 0 heterocycles. The number of amides is 1. The summed E-state index contributed by atoms with van der Waals surface area (Å²) in [5.74, 6) is 0.619. The zero-order valence-corrected chi connectivity index (χ0v) is 16.8. The van der Waals surface area contributed by atoms with Gasteiger partial charge in [-0.05, 0) is 29.9 Å². The molecule has 0 aliphatic heterocycles. The van der Waals surface area contributed by atoms with Gasteiger partial charge in [0.1, 0.15) is 0 Å². The van der Waals surface area contributed by atoms with E-state index in [0.29, 0.717) is 18.9 Å². The molecule has 0 radical (unpaired) electrons. The van der Waals surface area contributed by atoms with Gasteiger partial charge in [-0.1, -0.05) is 87.4 Å². The van der Waals surface area contributed by atoms with Crippen LogP contribution in [0.4, 0.5) is 0 Å². The third-order valence-corrected chi connectivity index (χ3v) is 5.10. The van der Waals surface area contributed by atoms with Crippen LogP contribution in [0.5, 0.6) is 0 Å². The Hall–Kier alpha value is -2.13. The molecule has 0 aliphatic rings. The third-order valence-electron chi connectivity index (χ3n) is 5.10. The molecule has 0 spiro atoms. The molecule has 0 saturated heterocycles. The van der Waals surface area contributed by atoms with Crippen LogP contribution in [0, 0.1) is 5.92 Å². The monoisotopic (exact) mass is 366 g/mol. The van der Waals surface area contributed by atoms with Crippen molar-refractivity contribution in [2.24, 2.45) is 5.92 Å². The van der Waals surface area contributed by atoms with Gasteiger partial charge in [0.25, 0.3) is 0 Å². The van der Waals surface area contributed by atoms with Crippen LogP contribution < -0.4 is 10.6 Å². The first-order chi connectivity index (χ1) is 13.2. The normalized spacial score (nSPS) is 13.1. The van der Waals surface area contributed by atoms with Gasteiger partial charge in [0.15, 0.2) is 0 Å². The average Bonchev–Trinajstić information content (AvgIpc) is 2.71. The predicted octanol–water partition coefficient (Wildman–Crippen LogP) is 4.72. The van der Waals surface area contributed by atoms with Gasteiger partial charge in [0, 0.05) is 25.6 Å². The van der Waals surface area contributed by atoms with E-state index in [1.165, 1.54) is 24.0 Å². The summed E-state index contributed by atoms with van der Waals surface area (Å²) in [7, 11) is 0. The lowest BCUT2D eigenvalue weighted by Crippen LogP contribution is -2.40. The minimum absolute atomic E-state index is 0.139. The first-order valence-corrected chi connectivity index (χ1v) is 10.3. The zero-order chi connectivity index (χ0) is 19.3. The molecular formula is C24H34N2O. The van der Waals surface area contributed by atoms with Gasteiger partial charge < -0.3 is 10.6 Å². The maximum Gasteiger partial charge on any atom is 0.221 e. The van der Waals surface area contributed by atoms with Crippen molar-refractivity contribution in [1.82, 2.24) is 10.6 Å². The second kappa shape index (κ2) is 12.3. The maximum atomic E-state index is 12.5. The highest BCUT2D eigenvalue weighted by atomic mass is 16.1. The van der Waals surface area contributed by atoms with Crippen molar-refractivity contribution in [3.8, 4) is 0 Å². The van der Waals surface area contributed by atoms with Crippen LogP contribution >= 0.6 is 0 Å². The van der Waals surface area contributed by atoms with Gasteiger partial charge in [0.2, 0.25) is 5.91 Å². The van der Waals surface area contributed by atoms with Crippen molar-refractivity contribution >= 4 is 5.91 Å². The molecule has 2 aromatic carbocycles. The van der Waals surface area contributed by atoms with Crippen LogP contribution in [0.1, 0.15) is 50.7 Å². The molecule has 0 fully saturated rings. The van der Waals surface area contributed by atoms with Crippen molar-refractivity contribution in [3.05, 3.63) is 71.8 Å². The molecule has 0 saturated carbocycles. The fourth-order valence-electron chi connectivity index (χ4n) is 3.31. The Morgan fingerprint density at radius 1 is 0.963 bits per heavy atom. The van der Waals surface area contributed by atoms with Gasteiger partial charge in [-0.3, -0.25) is 4.79 Å². The van der Waals surface area contributed by atoms with Crippen molar-refractivity contribution in [2.75, 3.05) is 6.54 Å². The second-order valence-corrected chi connectivity index (χ2v) is 7.38. The number of benzene rings is 2. The molecule has 0 bridgehead atoms. The van der Waals surface area contributed by atoms with Crippen LogP contribution in [0.3, 0.4) is 0 Å². The summed E-state index contributed by atoms with van der Waals surface area (Å²) in [5.41, 5.74) is 2.52. The quantitative estimate of drug-likeness (QED) is 0.571. The molecule has 1 amide bonds. The van der Waals surface area contributed by atoms with Crippen molar-refractivity contribution < 1.29 is 4.79 Å². The SMILES string of the molecule is CCCC[C@H](C)[C@H](CC(=O)NCCc1ccccc1)NCc1ccccc1. The molecule has 3 heteroatoms. The fourth-order valence-corrected chi connectivity index (χ4v) is 3.31. The van der Waals surface area contributed by atoms with Crippen LogP contribution in [0.2, 0.25) is 0 Å². The van der Waals surface area contributed by atoms with Crippen LogP contribution in [-0.2, 0) is 17.8 Å². The van der Waals surface area contributed by atoms with Crippen molar-refractivity contribution in [2.45, 2.75) is 58.5 Å². The molecule has 2 atom stereocenters. The molecule has 2 rings (SSSR count). The summed E-state index contributed by atoms with van der Waals surface area (Å²) in [5, 5.41) is 6.71. The van der Waals surface area contributed by atoms with Gasteiger partial charge in [-0.15, -0.1) is 0 Å². The summed E-state index contributed by atoms with van der Waals surface area (Å²) in [6, 6.07) is 20.9. The standard InChI is InChI=1S/C24H34N2O/c1-3-4-11-20(2)23(26-19-22-14-9-6-10-15-22)18-24(27)25-17-16-21-12-7-5-8-13-21/h5-10,12-15,20,23,26H,3-4,11,16-19H2,1-2H3,(H,25,27)/t20-,23-/m0/s1. The summed E-state index contributed by atoms with van der Waals surface area (Å²) in [6.45, 7) is 5.97. The first-order valence-electron chi connectivity index (χ1n) is 10.3. The smallest absolute Gasteiger partial charge is 0.221 e. The average molecular weight is 367 g/mol. The molecule has 2 aromatic rings. The molecular weight excluding hydrogens is 332 g/mol. The van der Waals surface area contributed by atoms with E-state index in [2.05, 4.69) is 60.9 Å². The Labute approximate surface area is 164 Å². The van der Waals surface area contributed by atoms with Gasteiger partial charge in [0.05, 0.1) is 0 Å². The Balaban J connectivity index is 1.82. The molecule has 146 valence electrons. The van der Waals surface area contributed by atoms with E-state index in [1.807, 2.05) is 24.3 Å². The lowest BCUT2D eigenvalue weighted by Gasteiger charge is -2.25. The second-order valence-electron chi connectivity index (χ2n) is 7.38. The van der Waals surface area contributed by atoms with Gasteiger partial charge in [-0.2, -0.15) is 0 Å². The van der Waals surface area contributed by atoms with E-state index in [0.717, 1.165) is 19.4 Å². The number of carbonyl (C=O) groups excluding carboxylic acids is 1. The minimum Gasteiger partial charge on any atom is -0.356 e. The van der Waals surface area contributed by atoms with Gasteiger partial charge in [-0.25, -0.2) is 0 Å². The van der Waals surface area contributed by atoms with E-state index in [9.17, 15) is 4.79 Å². The van der Waals surface area contributed by atoms with E-state index in [-0.39, 0.29) is 11.9 Å². The topological polar surface area (TPSA) is 41.1 Å². The molecule has 2 N–H and O–H groups in total. The summed E-state index contributed by atoms with van der Waals surface area (Å²) >= 11 is 0. The lowest BCUT2D eigenvalue weighted by molar-refractivity contribution is -0.121.